The Bertz CT molecular complexity index is 933. The van der Waals surface area contributed by atoms with Crippen molar-refractivity contribution >= 4 is 29.2 Å². The first-order valence-electron chi connectivity index (χ1n) is 9.43. The Morgan fingerprint density at radius 3 is 2.90 bits per heavy atom. The molecule has 2 amide bonds. The molecule has 1 fully saturated rings. The summed E-state index contributed by atoms with van der Waals surface area (Å²) in [6.45, 7) is 1.90. The van der Waals surface area contributed by atoms with Crippen molar-refractivity contribution < 1.29 is 18.6 Å². The van der Waals surface area contributed by atoms with Gasteiger partial charge in [-0.25, -0.2) is 9.78 Å². The van der Waals surface area contributed by atoms with Gasteiger partial charge in [0.05, 0.1) is 19.1 Å². The quantitative estimate of drug-likeness (QED) is 0.428. The first-order chi connectivity index (χ1) is 13.9. The normalized spacial score (nSPS) is 20.8. The molecule has 0 spiro atoms. The van der Waals surface area contributed by atoms with Crippen LogP contribution in [-0.2, 0) is 9.53 Å². The number of urea groups is 1. The smallest absolute Gasteiger partial charge is 0.320 e. The average molecular weight is 402 g/mol. The Kier molecular flexibility index (Phi) is 6.11. The van der Waals surface area contributed by atoms with Gasteiger partial charge in [-0.05, 0) is 25.3 Å². The number of allylic oxidation sites excluding steroid dienone is 4. The lowest BCUT2D eigenvalue weighted by Gasteiger charge is -2.16. The van der Waals surface area contributed by atoms with Gasteiger partial charge in [-0.15, -0.1) is 0 Å². The van der Waals surface area contributed by atoms with Crippen molar-refractivity contribution in [2.24, 2.45) is 11.8 Å². The van der Waals surface area contributed by atoms with Gasteiger partial charge in [-0.2, -0.15) is 0 Å². The summed E-state index contributed by atoms with van der Waals surface area (Å²) in [7, 11) is 1.34. The topological polar surface area (TPSA) is 130 Å². The number of nitrogens with zero attached hydrogens (tertiary/aromatic N) is 1. The number of carbonyl (C=O) groups is 2. The minimum Gasteiger partial charge on any atom is -0.469 e. The third-order valence-corrected chi connectivity index (χ3v) is 4.99. The number of esters is 1. The lowest BCUT2D eigenvalue weighted by atomic mass is 10.1. The first kappa shape index (κ1) is 20.3. The van der Waals surface area contributed by atoms with Crippen molar-refractivity contribution in [3.8, 4) is 0 Å². The van der Waals surface area contributed by atoms with E-state index in [1.54, 1.807) is 0 Å². The van der Waals surface area contributed by atoms with Crippen molar-refractivity contribution in [3.05, 3.63) is 53.8 Å². The third-order valence-electron chi connectivity index (χ3n) is 4.99. The molecule has 8 nitrogen and oxygen atoms in total. The van der Waals surface area contributed by atoms with Crippen LogP contribution in [0, 0.1) is 17.2 Å². The zero-order valence-electron chi connectivity index (χ0n) is 16.4. The molecular weight excluding hydrogens is 370 g/mol. The summed E-state index contributed by atoms with van der Waals surface area (Å²) < 4.78 is 4.72. The van der Waals surface area contributed by atoms with Crippen molar-refractivity contribution in [1.82, 2.24) is 10.3 Å². The van der Waals surface area contributed by atoms with Crippen LogP contribution in [0.15, 0.2) is 48.2 Å². The van der Waals surface area contributed by atoms with Gasteiger partial charge in [0, 0.05) is 39.4 Å². The fraction of sp³-hybridized carbons (Fsp3) is 0.333. The van der Waals surface area contributed by atoms with Gasteiger partial charge in [-0.1, -0.05) is 30.4 Å². The highest BCUT2D eigenvalue weighted by Crippen LogP contribution is 2.42. The van der Waals surface area contributed by atoms with Crippen molar-refractivity contribution in [1.29, 1.82) is 5.41 Å². The second kappa shape index (κ2) is 8.72. The Hall–Kier alpha value is -3.42. The largest absolute Gasteiger partial charge is 0.469 e. The predicted molar refractivity (Wildman–Crippen MR) is 118 cm³/mol. The van der Waals surface area contributed by atoms with Crippen LogP contribution in [0.4, 0.5) is 16.3 Å². The van der Waals surface area contributed by atoms with E-state index in [2.05, 4.69) is 15.6 Å². The van der Waals surface area contributed by atoms with Crippen LogP contribution in [0.3, 0.4) is 0 Å². The van der Waals surface area contributed by atoms with Crippen molar-refractivity contribution in [3.63, 3.8) is 0 Å². The van der Waals surface area contributed by atoms with Crippen molar-refractivity contribution in [2.75, 3.05) is 18.2 Å². The molecule has 8 heteroatoms. The molecular formula is C21H31N5O3. The average Bonchev–Trinajstić information content (AvgIpc) is 3.50. The molecule has 2 aliphatic carbocycles. The highest BCUT2D eigenvalue weighted by atomic mass is 16.5. The number of methoxy groups -OCH3 is 1. The highest BCUT2D eigenvalue weighted by molar-refractivity contribution is 6.08. The SMILES string of the molecule is COC(=O)C1CC1C(=N)c1cnc(NC(=O)N[C@H](C)C2=CC=CCC=C2)cc1N.[HH].[HH].[HH]. The van der Waals surface area contributed by atoms with Crippen LogP contribution in [0.25, 0.3) is 0 Å². The Balaban J connectivity index is 0.00000320. The first-order valence-corrected chi connectivity index (χ1v) is 9.43. The van der Waals surface area contributed by atoms with Gasteiger partial charge in [-0.3, -0.25) is 10.1 Å². The number of ether oxygens (including phenoxy) is 1. The number of pyridine rings is 1. The number of nitrogens with one attached hydrogen (secondary N) is 3. The lowest BCUT2D eigenvalue weighted by Crippen LogP contribution is -2.37. The zero-order chi connectivity index (χ0) is 21.0. The number of nitrogen functional groups attached to an aromatic ring is 1. The number of hydrogen-bond acceptors (Lipinski definition) is 6. The van der Waals surface area contributed by atoms with Crippen LogP contribution in [-0.4, -0.2) is 35.8 Å². The maximum Gasteiger partial charge on any atom is 0.320 e. The van der Waals surface area contributed by atoms with Gasteiger partial charge in [0.25, 0.3) is 0 Å². The van der Waals surface area contributed by atoms with Gasteiger partial charge in [0.15, 0.2) is 0 Å². The fourth-order valence-electron chi connectivity index (χ4n) is 3.21. The molecule has 3 atom stereocenters. The molecule has 3 rings (SSSR count). The maximum atomic E-state index is 12.3. The Morgan fingerprint density at radius 2 is 2.17 bits per heavy atom. The molecule has 0 aliphatic heterocycles. The molecule has 1 aromatic rings. The van der Waals surface area contributed by atoms with Crippen LogP contribution >= 0.6 is 0 Å². The van der Waals surface area contributed by atoms with Crippen molar-refractivity contribution in [2.45, 2.75) is 25.8 Å². The molecule has 0 aromatic carbocycles. The van der Waals surface area contributed by atoms with Crippen LogP contribution in [0.2, 0.25) is 0 Å². The van der Waals surface area contributed by atoms with E-state index < -0.39 is 6.03 Å². The minimum absolute atomic E-state index is 0. The second-order valence-electron chi connectivity index (χ2n) is 7.10. The maximum absolute atomic E-state index is 12.3. The van der Waals surface area contributed by atoms with E-state index in [1.807, 2.05) is 37.3 Å². The minimum atomic E-state index is -0.400. The van der Waals surface area contributed by atoms with E-state index in [-0.39, 0.29) is 39.7 Å². The number of hydrogen-bond donors (Lipinski definition) is 4. The van der Waals surface area contributed by atoms with Gasteiger partial charge < -0.3 is 21.2 Å². The Labute approximate surface area is 173 Å². The summed E-state index contributed by atoms with van der Waals surface area (Å²) in [5, 5.41) is 13.8. The molecule has 1 aromatic heterocycles. The number of nitrogens with two attached hydrogens (primary N) is 1. The van der Waals surface area contributed by atoms with E-state index in [0.717, 1.165) is 12.0 Å². The summed E-state index contributed by atoms with van der Waals surface area (Å²) in [6, 6.07) is 0.934. The molecule has 1 heterocycles. The Morgan fingerprint density at radius 1 is 1.38 bits per heavy atom. The number of carbonyl (C=O) groups excluding carboxylic acids is 2. The number of rotatable bonds is 6. The van der Waals surface area contributed by atoms with E-state index in [0.29, 0.717) is 17.7 Å². The molecule has 0 saturated heterocycles. The molecule has 158 valence electrons. The molecule has 1 saturated carbocycles. The molecule has 0 bridgehead atoms. The number of amides is 2. The van der Waals surface area contributed by atoms with Gasteiger partial charge in [0.2, 0.25) is 0 Å². The number of anilines is 2. The summed E-state index contributed by atoms with van der Waals surface area (Å²) in [5.41, 5.74) is 8.10. The van der Waals surface area contributed by atoms with Crippen LogP contribution in [0.5, 0.6) is 0 Å². The molecule has 5 N–H and O–H groups in total. The summed E-state index contributed by atoms with van der Waals surface area (Å²) >= 11 is 0. The van der Waals surface area contributed by atoms with Gasteiger partial charge >= 0.3 is 12.0 Å². The third kappa shape index (κ3) is 4.90. The summed E-state index contributed by atoms with van der Waals surface area (Å²) in [4.78, 5) is 28.0. The van der Waals surface area contributed by atoms with E-state index in [1.165, 1.54) is 19.4 Å². The molecule has 2 unspecified atom stereocenters. The van der Waals surface area contributed by atoms with E-state index >= 15 is 0 Å². The number of aromatic nitrogens is 1. The highest BCUT2D eigenvalue weighted by Gasteiger charge is 2.47. The monoisotopic (exact) mass is 401 g/mol. The summed E-state index contributed by atoms with van der Waals surface area (Å²) in [6.07, 6.45) is 12.9. The zero-order valence-corrected chi connectivity index (χ0v) is 16.4. The molecule has 0 radical (unpaired) electrons. The van der Waals surface area contributed by atoms with E-state index in [4.69, 9.17) is 15.9 Å². The summed E-state index contributed by atoms with van der Waals surface area (Å²) in [5.74, 6) is -0.526. The second-order valence-corrected chi connectivity index (χ2v) is 7.10. The predicted octanol–water partition coefficient (Wildman–Crippen LogP) is 3.53. The molecule has 2 aliphatic rings. The van der Waals surface area contributed by atoms with Crippen LogP contribution in [0.1, 0.15) is 29.6 Å². The molecule has 29 heavy (non-hydrogen) atoms. The van der Waals surface area contributed by atoms with E-state index in [9.17, 15) is 9.59 Å². The lowest BCUT2D eigenvalue weighted by molar-refractivity contribution is -0.142. The fourth-order valence-corrected chi connectivity index (χ4v) is 3.21. The van der Waals surface area contributed by atoms with Crippen LogP contribution < -0.4 is 16.4 Å². The van der Waals surface area contributed by atoms with Gasteiger partial charge in [0.1, 0.15) is 5.82 Å². The standard InChI is InChI=1S/C21H25N5O3.3H2/c1-12(13-7-5-3-4-6-8-13)25-21(28)26-18-10-17(22)16(11-24-18)19(23)14-9-15(14)20(27)29-2;;;/h3,5-8,10-12,14-15,23H,4,9H2,1-2H3,(H4,22,24,25,26,28);3*1H/t12-,14?,15?;;;/m1.../s1.